The largest absolute Gasteiger partial charge is 0.493 e. The monoisotopic (exact) mass is 376 g/mol. The number of likely N-dealkylation sites (tertiary alicyclic amines) is 1. The first-order chi connectivity index (χ1) is 13.1. The van der Waals surface area contributed by atoms with E-state index in [0.717, 1.165) is 31.5 Å². The first-order valence-corrected chi connectivity index (χ1v) is 9.83. The minimum absolute atomic E-state index is 0.0637. The Labute approximate surface area is 162 Å². The smallest absolute Gasteiger partial charge is 0.234 e. The first-order valence-electron chi connectivity index (χ1n) is 9.83. The van der Waals surface area contributed by atoms with Gasteiger partial charge >= 0.3 is 0 Å². The van der Waals surface area contributed by atoms with Gasteiger partial charge in [-0.2, -0.15) is 0 Å². The third kappa shape index (κ3) is 4.55. The molecule has 0 bridgehead atoms. The van der Waals surface area contributed by atoms with E-state index in [4.69, 9.17) is 14.2 Å². The molecule has 6 heteroatoms. The fraction of sp³-hybridized carbons (Fsp3) is 0.667. The van der Waals surface area contributed by atoms with Gasteiger partial charge in [-0.15, -0.1) is 0 Å². The van der Waals surface area contributed by atoms with Gasteiger partial charge in [-0.25, -0.2) is 0 Å². The number of carbonyl (C=O) groups excluding carboxylic acids is 1. The second-order valence-corrected chi connectivity index (χ2v) is 7.76. The summed E-state index contributed by atoms with van der Waals surface area (Å²) in [5, 5.41) is 3.03. The van der Waals surface area contributed by atoms with Gasteiger partial charge in [0.15, 0.2) is 11.5 Å². The molecule has 1 N–H and O–H groups in total. The molecule has 3 rings (SSSR count). The van der Waals surface area contributed by atoms with E-state index in [9.17, 15) is 4.79 Å². The van der Waals surface area contributed by atoms with E-state index in [1.165, 1.54) is 19.3 Å². The van der Waals surface area contributed by atoms with Gasteiger partial charge in [-0.1, -0.05) is 12.5 Å². The number of hydrogen-bond acceptors (Lipinski definition) is 5. The number of carbonyl (C=O) groups is 1. The van der Waals surface area contributed by atoms with Crippen molar-refractivity contribution in [2.45, 2.75) is 44.8 Å². The average molecular weight is 376 g/mol. The lowest BCUT2D eigenvalue weighted by Gasteiger charge is -2.43. The molecule has 1 spiro atoms. The summed E-state index contributed by atoms with van der Waals surface area (Å²) in [5.41, 5.74) is 1.24. The number of amides is 1. The average Bonchev–Trinajstić information content (AvgIpc) is 3.07. The van der Waals surface area contributed by atoms with Gasteiger partial charge in [0.25, 0.3) is 0 Å². The van der Waals surface area contributed by atoms with E-state index in [0.29, 0.717) is 30.7 Å². The van der Waals surface area contributed by atoms with E-state index in [1.807, 2.05) is 25.3 Å². The summed E-state index contributed by atoms with van der Waals surface area (Å²) in [6.07, 6.45) is 6.30. The van der Waals surface area contributed by atoms with Crippen LogP contribution < -0.4 is 14.8 Å². The Bertz CT molecular complexity index is 651. The van der Waals surface area contributed by atoms with Crippen LogP contribution >= 0.6 is 0 Å². The maximum Gasteiger partial charge on any atom is 0.234 e. The molecule has 2 fully saturated rings. The molecule has 27 heavy (non-hydrogen) atoms. The maximum absolute atomic E-state index is 12.5. The van der Waals surface area contributed by atoms with Crippen molar-refractivity contribution < 1.29 is 19.0 Å². The van der Waals surface area contributed by atoms with Crippen molar-refractivity contribution in [3.8, 4) is 11.5 Å². The molecule has 2 aliphatic rings. The Balaban J connectivity index is 1.52. The zero-order valence-electron chi connectivity index (χ0n) is 16.8. The van der Waals surface area contributed by atoms with E-state index < -0.39 is 0 Å². The van der Waals surface area contributed by atoms with E-state index >= 15 is 0 Å². The normalized spacial score (nSPS) is 25.5. The fourth-order valence-corrected chi connectivity index (χ4v) is 4.78. The van der Waals surface area contributed by atoms with E-state index in [2.05, 4.69) is 10.2 Å². The molecule has 0 radical (unpaired) electrons. The minimum Gasteiger partial charge on any atom is -0.493 e. The van der Waals surface area contributed by atoms with Crippen molar-refractivity contribution in [2.75, 3.05) is 41.0 Å². The number of piperidine rings is 1. The van der Waals surface area contributed by atoms with Crippen LogP contribution in [0.4, 0.5) is 0 Å². The molecular weight excluding hydrogens is 344 g/mol. The molecule has 0 aromatic heterocycles. The highest BCUT2D eigenvalue weighted by Crippen LogP contribution is 2.46. The van der Waals surface area contributed by atoms with Gasteiger partial charge in [0.1, 0.15) is 0 Å². The molecule has 150 valence electrons. The zero-order chi connectivity index (χ0) is 19.3. The number of benzene rings is 1. The second kappa shape index (κ2) is 8.93. The molecule has 1 aromatic carbocycles. The summed E-state index contributed by atoms with van der Waals surface area (Å²) in [6, 6.07) is 5.70. The molecule has 1 heterocycles. The summed E-state index contributed by atoms with van der Waals surface area (Å²) in [4.78, 5) is 14.8. The van der Waals surface area contributed by atoms with Crippen molar-refractivity contribution in [1.82, 2.24) is 10.2 Å². The molecule has 1 amide bonds. The predicted octanol–water partition coefficient (Wildman–Crippen LogP) is 2.60. The van der Waals surface area contributed by atoms with Gasteiger partial charge in [-0.3, -0.25) is 9.69 Å². The summed E-state index contributed by atoms with van der Waals surface area (Å²) in [6.45, 7) is 2.89. The van der Waals surface area contributed by atoms with Crippen molar-refractivity contribution >= 4 is 5.91 Å². The van der Waals surface area contributed by atoms with Gasteiger partial charge < -0.3 is 19.5 Å². The highest BCUT2D eigenvalue weighted by Gasteiger charge is 2.45. The number of hydrogen-bond donors (Lipinski definition) is 1. The Hall–Kier alpha value is -1.79. The van der Waals surface area contributed by atoms with Crippen LogP contribution in [0.2, 0.25) is 0 Å². The Kier molecular flexibility index (Phi) is 6.60. The zero-order valence-corrected chi connectivity index (χ0v) is 16.8. The summed E-state index contributed by atoms with van der Waals surface area (Å²) in [5.74, 6) is 1.43. The molecule has 1 saturated heterocycles. The van der Waals surface area contributed by atoms with Gasteiger partial charge in [0.05, 0.1) is 26.9 Å². The molecule has 1 aliphatic carbocycles. The van der Waals surface area contributed by atoms with E-state index in [-0.39, 0.29) is 11.3 Å². The van der Waals surface area contributed by atoms with E-state index in [1.54, 1.807) is 14.2 Å². The number of rotatable bonds is 7. The van der Waals surface area contributed by atoms with Crippen LogP contribution in [0.25, 0.3) is 0 Å². The number of nitrogens with one attached hydrogen (secondary N) is 1. The van der Waals surface area contributed by atoms with Crippen molar-refractivity contribution in [3.63, 3.8) is 0 Å². The Morgan fingerprint density at radius 3 is 2.70 bits per heavy atom. The van der Waals surface area contributed by atoms with Crippen LogP contribution in [0, 0.1) is 5.41 Å². The fourth-order valence-electron chi connectivity index (χ4n) is 4.78. The van der Waals surface area contributed by atoms with Crippen molar-refractivity contribution in [2.24, 2.45) is 5.41 Å². The number of methoxy groups -OCH3 is 3. The Morgan fingerprint density at radius 1 is 1.19 bits per heavy atom. The van der Waals surface area contributed by atoms with Crippen LogP contribution in [0.3, 0.4) is 0 Å². The lowest BCUT2D eigenvalue weighted by Crippen LogP contribution is -2.50. The number of nitrogens with zero attached hydrogens (tertiary/aromatic N) is 1. The minimum atomic E-state index is 0.0637. The van der Waals surface area contributed by atoms with Crippen LogP contribution in [-0.4, -0.2) is 57.9 Å². The molecule has 2 atom stereocenters. The second-order valence-electron chi connectivity index (χ2n) is 7.76. The molecule has 1 aliphatic heterocycles. The third-order valence-corrected chi connectivity index (χ3v) is 6.10. The van der Waals surface area contributed by atoms with Crippen molar-refractivity contribution in [3.05, 3.63) is 23.8 Å². The maximum atomic E-state index is 12.5. The molecule has 6 nitrogen and oxygen atoms in total. The lowest BCUT2D eigenvalue weighted by molar-refractivity contribution is -0.124. The molecular formula is C21H32N2O4. The Morgan fingerprint density at radius 2 is 1.96 bits per heavy atom. The molecule has 0 unspecified atom stereocenters. The molecule has 1 saturated carbocycles. The number of ether oxygens (including phenoxy) is 3. The van der Waals surface area contributed by atoms with Crippen LogP contribution in [0.1, 0.15) is 37.7 Å². The van der Waals surface area contributed by atoms with Crippen LogP contribution in [0.15, 0.2) is 18.2 Å². The lowest BCUT2D eigenvalue weighted by atomic mass is 9.76. The first kappa shape index (κ1) is 20.0. The summed E-state index contributed by atoms with van der Waals surface area (Å²) < 4.78 is 16.3. The highest BCUT2D eigenvalue weighted by atomic mass is 16.5. The van der Waals surface area contributed by atoms with Crippen molar-refractivity contribution in [1.29, 1.82) is 0 Å². The third-order valence-electron chi connectivity index (χ3n) is 6.10. The van der Waals surface area contributed by atoms with Gasteiger partial charge in [-0.05, 0) is 49.9 Å². The highest BCUT2D eigenvalue weighted by molar-refractivity contribution is 5.78. The van der Waals surface area contributed by atoms with Crippen LogP contribution in [-0.2, 0) is 16.1 Å². The standard InChI is InChI=1S/C21H32N2O4/c1-25-17-8-7-16(12-18(17)26-2)13-22-20(24)14-23-11-5-10-21(15-23)9-4-6-19(21)27-3/h7-8,12,19H,4-6,9-11,13-15H2,1-3H3,(H,22,24)/t19-,21-/m1/s1. The van der Waals surface area contributed by atoms with Gasteiger partial charge in [0.2, 0.25) is 5.91 Å². The predicted molar refractivity (Wildman–Crippen MR) is 104 cm³/mol. The molecule has 1 aromatic rings. The summed E-state index contributed by atoms with van der Waals surface area (Å²) in [7, 11) is 5.05. The topological polar surface area (TPSA) is 60.0 Å². The van der Waals surface area contributed by atoms with Crippen LogP contribution in [0.5, 0.6) is 11.5 Å². The summed E-state index contributed by atoms with van der Waals surface area (Å²) >= 11 is 0. The van der Waals surface area contributed by atoms with Gasteiger partial charge in [0, 0.05) is 25.6 Å². The SMILES string of the molecule is COc1ccc(CNC(=O)CN2CCC[C@]3(CCC[C@H]3OC)C2)cc1OC. The quantitative estimate of drug-likeness (QED) is 0.793.